The van der Waals surface area contributed by atoms with Gasteiger partial charge in [0.1, 0.15) is 23.0 Å². The summed E-state index contributed by atoms with van der Waals surface area (Å²) in [6.07, 6.45) is -1.02. The SMILES string of the molecule is Cl.O[C@H]1[C@H](O)[C@@H](O)CN(CCCCCCOCc2csc(-c3ccc(F)c(Cl)c3)n2)C[C@@H]1O. The molecule has 0 amide bonds. The van der Waals surface area contributed by atoms with E-state index in [1.54, 1.807) is 12.1 Å². The highest BCUT2D eigenvalue weighted by molar-refractivity contribution is 7.13. The van der Waals surface area contributed by atoms with Crippen LogP contribution in [-0.4, -0.2) is 81.0 Å². The number of likely N-dealkylation sites (tertiary alicyclic amines) is 1. The standard InChI is InChI=1S/C22H30ClFN2O5S.ClH/c23-16-9-14(5-6-17(16)24)22-25-15(13-32-22)12-31-8-4-2-1-3-7-26-10-18(27)20(29)21(30)19(28)11-26;/h5-6,9,13,18-21,27-30H,1-4,7-8,10-12H2;1H/t18-,19-,20+,21+;/m0./s1. The average Bonchev–Trinajstić information content (AvgIpc) is 3.21. The third-order valence-corrected chi connectivity index (χ3v) is 6.74. The van der Waals surface area contributed by atoms with Crippen molar-refractivity contribution in [3.8, 4) is 10.6 Å². The zero-order chi connectivity index (χ0) is 23.1. The van der Waals surface area contributed by atoms with E-state index in [0.29, 0.717) is 19.8 Å². The van der Waals surface area contributed by atoms with E-state index in [-0.39, 0.29) is 30.5 Å². The number of hydrogen-bond donors (Lipinski definition) is 4. The van der Waals surface area contributed by atoms with Gasteiger partial charge in [0.05, 0.1) is 29.5 Å². The Morgan fingerprint density at radius 1 is 1.06 bits per heavy atom. The molecule has 7 nitrogen and oxygen atoms in total. The highest BCUT2D eigenvalue weighted by Gasteiger charge is 2.35. The molecule has 1 fully saturated rings. The first-order chi connectivity index (χ1) is 15.3. The van der Waals surface area contributed by atoms with Crippen LogP contribution >= 0.6 is 35.3 Å². The van der Waals surface area contributed by atoms with E-state index < -0.39 is 30.2 Å². The molecule has 1 aliphatic rings. The molecule has 2 heterocycles. The van der Waals surface area contributed by atoms with Gasteiger partial charge in [-0.1, -0.05) is 24.4 Å². The number of aliphatic hydroxyl groups is 4. The number of aliphatic hydroxyl groups excluding tert-OH is 4. The van der Waals surface area contributed by atoms with Crippen LogP contribution in [0.3, 0.4) is 0 Å². The fraction of sp³-hybridized carbons (Fsp3) is 0.591. The number of hydrogen-bond acceptors (Lipinski definition) is 8. The van der Waals surface area contributed by atoms with Gasteiger partial charge in [0.15, 0.2) is 0 Å². The molecule has 0 unspecified atom stereocenters. The second kappa shape index (κ2) is 13.9. The summed E-state index contributed by atoms with van der Waals surface area (Å²) >= 11 is 7.30. The Kier molecular flexibility index (Phi) is 11.9. The molecule has 4 atom stereocenters. The molecule has 3 rings (SSSR count). The summed E-state index contributed by atoms with van der Waals surface area (Å²) < 4.78 is 19.0. The van der Waals surface area contributed by atoms with Crippen LogP contribution in [-0.2, 0) is 11.3 Å². The maximum atomic E-state index is 13.3. The van der Waals surface area contributed by atoms with Crippen LogP contribution in [0.4, 0.5) is 4.39 Å². The number of unbranched alkanes of at least 4 members (excludes halogenated alkanes) is 3. The van der Waals surface area contributed by atoms with E-state index in [9.17, 15) is 24.8 Å². The summed E-state index contributed by atoms with van der Waals surface area (Å²) in [5.74, 6) is -0.449. The molecular weight excluding hydrogens is 494 g/mol. The number of thiazole rings is 1. The van der Waals surface area contributed by atoms with Crippen molar-refractivity contribution >= 4 is 35.3 Å². The topological polar surface area (TPSA) is 106 Å². The summed E-state index contributed by atoms with van der Waals surface area (Å²) in [4.78, 5) is 6.39. The van der Waals surface area contributed by atoms with Crippen LogP contribution in [0.5, 0.6) is 0 Å². The number of halogens is 3. The van der Waals surface area contributed by atoms with Crippen molar-refractivity contribution in [3.63, 3.8) is 0 Å². The molecule has 0 aliphatic carbocycles. The van der Waals surface area contributed by atoms with Gasteiger partial charge < -0.3 is 25.2 Å². The Balaban J connectivity index is 0.00000385. The van der Waals surface area contributed by atoms with Gasteiger partial charge in [-0.2, -0.15) is 0 Å². The largest absolute Gasteiger partial charge is 0.389 e. The Labute approximate surface area is 208 Å². The van der Waals surface area contributed by atoms with Gasteiger partial charge in [0.2, 0.25) is 0 Å². The minimum atomic E-state index is -1.32. The second-order valence-electron chi connectivity index (χ2n) is 8.12. The normalized spacial score (nSPS) is 23.8. The molecule has 11 heteroatoms. The third-order valence-electron chi connectivity index (χ3n) is 5.51. The van der Waals surface area contributed by atoms with E-state index in [4.69, 9.17) is 16.3 Å². The number of rotatable bonds is 10. The first-order valence-electron chi connectivity index (χ1n) is 10.8. The van der Waals surface area contributed by atoms with E-state index in [1.165, 1.54) is 17.4 Å². The summed E-state index contributed by atoms with van der Waals surface area (Å²) in [7, 11) is 0. The van der Waals surface area contributed by atoms with Gasteiger partial charge >= 0.3 is 0 Å². The number of ether oxygens (including phenoxy) is 1. The van der Waals surface area contributed by atoms with Gasteiger partial charge in [-0.25, -0.2) is 9.37 Å². The third kappa shape index (κ3) is 8.38. The first-order valence-corrected chi connectivity index (χ1v) is 12.0. The second-order valence-corrected chi connectivity index (χ2v) is 9.38. The zero-order valence-corrected chi connectivity index (χ0v) is 20.5. The minimum Gasteiger partial charge on any atom is -0.389 e. The average molecular weight is 525 g/mol. The smallest absolute Gasteiger partial charge is 0.141 e. The van der Waals surface area contributed by atoms with Gasteiger partial charge in [-0.05, 0) is 37.6 Å². The van der Waals surface area contributed by atoms with Gasteiger partial charge in [0, 0.05) is 30.6 Å². The molecular formula is C22H31Cl2FN2O5S. The minimum absolute atomic E-state index is 0. The molecule has 186 valence electrons. The van der Waals surface area contributed by atoms with Crippen LogP contribution in [0.1, 0.15) is 31.4 Å². The molecule has 0 bridgehead atoms. The van der Waals surface area contributed by atoms with Gasteiger partial charge in [-0.15, -0.1) is 23.7 Å². The van der Waals surface area contributed by atoms with Crippen molar-refractivity contribution in [3.05, 3.63) is 40.1 Å². The Morgan fingerprint density at radius 3 is 2.39 bits per heavy atom. The zero-order valence-electron chi connectivity index (χ0n) is 18.1. The fourth-order valence-electron chi connectivity index (χ4n) is 3.66. The molecule has 0 spiro atoms. The van der Waals surface area contributed by atoms with Crippen molar-refractivity contribution in [2.75, 3.05) is 26.2 Å². The van der Waals surface area contributed by atoms with Gasteiger partial charge in [0.25, 0.3) is 0 Å². The van der Waals surface area contributed by atoms with Crippen molar-refractivity contribution in [1.82, 2.24) is 9.88 Å². The van der Waals surface area contributed by atoms with Crippen molar-refractivity contribution in [2.45, 2.75) is 56.7 Å². The van der Waals surface area contributed by atoms with E-state index in [0.717, 1.165) is 41.9 Å². The lowest BCUT2D eigenvalue weighted by Gasteiger charge is -2.23. The first kappa shape index (κ1) is 28.4. The molecule has 1 saturated heterocycles. The van der Waals surface area contributed by atoms with E-state index in [2.05, 4.69) is 4.98 Å². The quantitative estimate of drug-likeness (QED) is 0.354. The number of nitrogens with zero attached hydrogens (tertiary/aromatic N) is 2. The maximum absolute atomic E-state index is 13.3. The molecule has 0 radical (unpaired) electrons. The predicted molar refractivity (Wildman–Crippen MR) is 128 cm³/mol. The summed E-state index contributed by atoms with van der Waals surface area (Å²) in [6.45, 7) is 2.19. The molecule has 1 aromatic carbocycles. The summed E-state index contributed by atoms with van der Waals surface area (Å²) in [6, 6.07) is 4.55. The molecule has 1 aliphatic heterocycles. The Bertz CT molecular complexity index is 846. The van der Waals surface area contributed by atoms with Gasteiger partial charge in [-0.3, -0.25) is 4.90 Å². The molecule has 33 heavy (non-hydrogen) atoms. The van der Waals surface area contributed by atoms with Crippen molar-refractivity contribution in [2.24, 2.45) is 0 Å². The van der Waals surface area contributed by atoms with Crippen molar-refractivity contribution < 1.29 is 29.6 Å². The molecule has 1 aromatic heterocycles. The fourth-order valence-corrected chi connectivity index (χ4v) is 4.64. The number of β-amino-alcohol motifs (C(OH)–C–C–N with tert-alkyl or cyclic N) is 2. The van der Waals surface area contributed by atoms with Crippen LogP contribution in [0.15, 0.2) is 23.6 Å². The van der Waals surface area contributed by atoms with E-state index in [1.807, 2.05) is 10.3 Å². The van der Waals surface area contributed by atoms with Crippen LogP contribution in [0, 0.1) is 5.82 Å². The van der Waals surface area contributed by atoms with Crippen molar-refractivity contribution in [1.29, 1.82) is 0 Å². The van der Waals surface area contributed by atoms with Crippen LogP contribution in [0.2, 0.25) is 5.02 Å². The van der Waals surface area contributed by atoms with E-state index >= 15 is 0 Å². The molecule has 4 N–H and O–H groups in total. The summed E-state index contributed by atoms with van der Waals surface area (Å²) in [5, 5.41) is 42.1. The molecule has 0 saturated carbocycles. The number of benzene rings is 1. The predicted octanol–water partition coefficient (Wildman–Crippen LogP) is 2.86. The lowest BCUT2D eigenvalue weighted by Crippen LogP contribution is -2.43. The van der Waals surface area contributed by atoms with Crippen LogP contribution < -0.4 is 0 Å². The highest BCUT2D eigenvalue weighted by atomic mass is 35.5. The summed E-state index contributed by atoms with van der Waals surface area (Å²) in [5.41, 5.74) is 1.61. The Morgan fingerprint density at radius 2 is 1.73 bits per heavy atom. The molecule has 2 aromatic rings. The highest BCUT2D eigenvalue weighted by Crippen LogP contribution is 2.27. The lowest BCUT2D eigenvalue weighted by molar-refractivity contribution is -0.0894. The monoisotopic (exact) mass is 524 g/mol. The maximum Gasteiger partial charge on any atom is 0.141 e. The number of aromatic nitrogens is 1. The Hall–Kier alpha value is -0.880. The lowest BCUT2D eigenvalue weighted by atomic mass is 10.1. The van der Waals surface area contributed by atoms with Crippen LogP contribution in [0.25, 0.3) is 10.6 Å².